The third-order valence-electron chi connectivity index (χ3n) is 6.23. The van der Waals surface area contributed by atoms with Crippen LogP contribution in [0.2, 0.25) is 0 Å². The summed E-state index contributed by atoms with van der Waals surface area (Å²) in [5.74, 6) is 0.753. The van der Waals surface area contributed by atoms with Gasteiger partial charge in [-0.15, -0.1) is 0 Å². The quantitative estimate of drug-likeness (QED) is 0.288. The van der Waals surface area contributed by atoms with Gasteiger partial charge in [0.05, 0.1) is 33.9 Å². The van der Waals surface area contributed by atoms with Crippen LogP contribution in [0.25, 0.3) is 44.1 Å². The third kappa shape index (κ3) is 3.69. The molecule has 0 aliphatic rings. The summed E-state index contributed by atoms with van der Waals surface area (Å²) in [6.07, 6.45) is 3.16. The maximum absolute atomic E-state index is 11.7. The zero-order chi connectivity index (χ0) is 24.6. The van der Waals surface area contributed by atoms with Gasteiger partial charge >= 0.3 is 0 Å². The number of nitrogens with two attached hydrogens (primary N) is 2. The van der Waals surface area contributed by atoms with E-state index in [1.807, 2.05) is 72.8 Å². The van der Waals surface area contributed by atoms with Gasteiger partial charge in [-0.3, -0.25) is 14.9 Å². The van der Waals surface area contributed by atoms with Crippen LogP contribution in [0.3, 0.4) is 0 Å². The van der Waals surface area contributed by atoms with Crippen molar-refractivity contribution in [1.29, 1.82) is 0 Å². The average molecular weight is 472 g/mol. The maximum atomic E-state index is 11.7. The number of fused-ring (bicyclic) bond motifs is 2. The summed E-state index contributed by atoms with van der Waals surface area (Å²) in [5, 5.41) is 8.76. The monoisotopic (exact) mass is 471 g/mol. The van der Waals surface area contributed by atoms with Gasteiger partial charge < -0.3 is 16.2 Å². The van der Waals surface area contributed by atoms with Crippen molar-refractivity contribution in [3.63, 3.8) is 0 Å². The fourth-order valence-corrected chi connectivity index (χ4v) is 4.40. The van der Waals surface area contributed by atoms with Gasteiger partial charge in [0.25, 0.3) is 5.91 Å². The Bertz CT molecular complexity index is 1740. The van der Waals surface area contributed by atoms with Gasteiger partial charge in [0.1, 0.15) is 11.5 Å². The van der Waals surface area contributed by atoms with E-state index in [0.29, 0.717) is 28.1 Å². The number of H-pyrrole nitrogens is 1. The molecule has 7 heteroatoms. The molecule has 7 nitrogen and oxygen atoms in total. The fraction of sp³-hybridized carbons (Fsp3) is 0. The molecule has 0 bridgehead atoms. The number of primary amides is 1. The van der Waals surface area contributed by atoms with E-state index in [0.717, 1.165) is 33.2 Å². The van der Waals surface area contributed by atoms with E-state index in [1.54, 1.807) is 6.20 Å². The van der Waals surface area contributed by atoms with Gasteiger partial charge in [-0.25, -0.2) is 0 Å². The molecule has 0 radical (unpaired) electrons. The molecule has 0 fully saturated rings. The van der Waals surface area contributed by atoms with E-state index in [4.69, 9.17) is 16.2 Å². The normalized spacial score (nSPS) is 11.1. The van der Waals surface area contributed by atoms with Crippen molar-refractivity contribution in [3.05, 3.63) is 103 Å². The summed E-state index contributed by atoms with van der Waals surface area (Å²) < 4.78 is 6.32. The predicted molar refractivity (Wildman–Crippen MR) is 142 cm³/mol. The number of hydrogen-bond acceptors (Lipinski definition) is 5. The summed E-state index contributed by atoms with van der Waals surface area (Å²) in [5.41, 5.74) is 17.7. The number of hydrogen-bond donors (Lipinski definition) is 3. The highest BCUT2D eigenvalue weighted by atomic mass is 16.5. The Morgan fingerprint density at radius 2 is 1.58 bits per heavy atom. The molecule has 0 atom stereocenters. The molecule has 2 heterocycles. The summed E-state index contributed by atoms with van der Waals surface area (Å²) in [4.78, 5) is 16.2. The number of nitrogens with one attached hydrogen (secondary N) is 1. The molecular weight excluding hydrogens is 450 g/mol. The van der Waals surface area contributed by atoms with Crippen molar-refractivity contribution in [2.24, 2.45) is 5.73 Å². The molecule has 5 N–H and O–H groups in total. The molecule has 0 saturated carbocycles. The molecule has 0 aliphatic heterocycles. The lowest BCUT2D eigenvalue weighted by atomic mass is 9.99. The van der Waals surface area contributed by atoms with Gasteiger partial charge in [-0.1, -0.05) is 60.7 Å². The zero-order valence-corrected chi connectivity index (χ0v) is 19.1. The Labute approximate surface area is 206 Å². The Balaban J connectivity index is 1.42. The van der Waals surface area contributed by atoms with E-state index in [9.17, 15) is 4.79 Å². The number of para-hydroxylation sites is 1. The molecule has 0 unspecified atom stereocenters. The SMILES string of the molecule is NC(=O)c1cnc2c(-c3cc(Oc4ccc(-c5ccccc5)cc4)c4cn[nH]c4c3)cccc2c1N. The minimum atomic E-state index is -0.611. The lowest BCUT2D eigenvalue weighted by Crippen LogP contribution is -2.14. The number of pyridine rings is 1. The highest BCUT2D eigenvalue weighted by Crippen LogP contribution is 2.38. The zero-order valence-electron chi connectivity index (χ0n) is 19.1. The van der Waals surface area contributed by atoms with E-state index >= 15 is 0 Å². The largest absolute Gasteiger partial charge is 0.457 e. The maximum Gasteiger partial charge on any atom is 0.252 e. The van der Waals surface area contributed by atoms with Crippen LogP contribution < -0.4 is 16.2 Å². The van der Waals surface area contributed by atoms with E-state index in [-0.39, 0.29) is 5.56 Å². The van der Waals surface area contributed by atoms with Crippen LogP contribution in [0.5, 0.6) is 11.5 Å². The first-order chi connectivity index (χ1) is 17.6. The number of amides is 1. The van der Waals surface area contributed by atoms with E-state index in [1.165, 1.54) is 6.20 Å². The second kappa shape index (κ2) is 8.56. The molecule has 4 aromatic carbocycles. The summed E-state index contributed by atoms with van der Waals surface area (Å²) in [6.45, 7) is 0. The molecule has 2 aromatic heterocycles. The number of nitrogen functional groups attached to an aromatic ring is 1. The van der Waals surface area contributed by atoms with Crippen LogP contribution in [0, 0.1) is 0 Å². The number of benzene rings is 4. The Morgan fingerprint density at radius 3 is 2.36 bits per heavy atom. The molecule has 0 saturated heterocycles. The first-order valence-electron chi connectivity index (χ1n) is 11.4. The van der Waals surface area contributed by atoms with Crippen molar-refractivity contribution >= 4 is 33.4 Å². The van der Waals surface area contributed by atoms with Gasteiger partial charge in [0, 0.05) is 17.1 Å². The molecule has 36 heavy (non-hydrogen) atoms. The molecule has 0 spiro atoms. The van der Waals surface area contributed by atoms with Gasteiger partial charge in [-0.05, 0) is 41.0 Å². The smallest absolute Gasteiger partial charge is 0.252 e. The molecule has 174 valence electrons. The number of aromatic amines is 1. The number of rotatable bonds is 5. The number of carbonyl (C=O) groups is 1. The van der Waals surface area contributed by atoms with E-state index in [2.05, 4.69) is 27.3 Å². The molecular formula is C29H21N5O2. The van der Waals surface area contributed by atoms with Crippen LogP contribution in [-0.4, -0.2) is 21.1 Å². The highest BCUT2D eigenvalue weighted by Gasteiger charge is 2.16. The minimum absolute atomic E-state index is 0.201. The highest BCUT2D eigenvalue weighted by molar-refractivity contribution is 6.09. The fourth-order valence-electron chi connectivity index (χ4n) is 4.40. The van der Waals surface area contributed by atoms with Gasteiger partial charge in [0.15, 0.2) is 0 Å². The third-order valence-corrected chi connectivity index (χ3v) is 6.23. The molecule has 0 aliphatic carbocycles. The lowest BCUT2D eigenvalue weighted by Gasteiger charge is -2.13. The summed E-state index contributed by atoms with van der Waals surface area (Å²) >= 11 is 0. The van der Waals surface area contributed by atoms with Crippen LogP contribution in [0.1, 0.15) is 10.4 Å². The lowest BCUT2D eigenvalue weighted by molar-refractivity contribution is 0.100. The van der Waals surface area contributed by atoms with Crippen molar-refractivity contribution in [2.75, 3.05) is 5.73 Å². The molecule has 1 amide bonds. The van der Waals surface area contributed by atoms with Crippen molar-refractivity contribution in [1.82, 2.24) is 15.2 Å². The number of carbonyl (C=O) groups excluding carboxylic acids is 1. The van der Waals surface area contributed by atoms with Gasteiger partial charge in [0.2, 0.25) is 0 Å². The van der Waals surface area contributed by atoms with E-state index < -0.39 is 5.91 Å². The van der Waals surface area contributed by atoms with Crippen molar-refractivity contribution < 1.29 is 9.53 Å². The van der Waals surface area contributed by atoms with Crippen molar-refractivity contribution in [2.45, 2.75) is 0 Å². The number of aromatic nitrogens is 3. The standard InChI is InChI=1S/C29H21N5O2/c30-27-22-8-4-7-21(28(22)32-15-24(27)29(31)35)19-13-25-23(16-33-34-25)26(14-19)36-20-11-9-18(10-12-20)17-5-2-1-3-6-17/h1-16H,(H2,30,32)(H2,31,35)(H,33,34). The van der Waals surface area contributed by atoms with Crippen LogP contribution in [0.4, 0.5) is 5.69 Å². The van der Waals surface area contributed by atoms with Crippen LogP contribution >= 0.6 is 0 Å². The number of anilines is 1. The Morgan fingerprint density at radius 1 is 0.806 bits per heavy atom. The second-order valence-electron chi connectivity index (χ2n) is 8.45. The predicted octanol–water partition coefficient (Wildman–Crippen LogP) is 5.92. The van der Waals surface area contributed by atoms with Gasteiger partial charge in [-0.2, -0.15) is 5.10 Å². The van der Waals surface area contributed by atoms with Crippen molar-refractivity contribution in [3.8, 4) is 33.8 Å². The minimum Gasteiger partial charge on any atom is -0.457 e. The Hall–Kier alpha value is -5.17. The first kappa shape index (κ1) is 21.4. The Kier molecular flexibility index (Phi) is 5.08. The molecule has 6 aromatic rings. The molecule has 6 rings (SSSR count). The summed E-state index contributed by atoms with van der Waals surface area (Å²) in [7, 11) is 0. The topological polar surface area (TPSA) is 120 Å². The second-order valence-corrected chi connectivity index (χ2v) is 8.45. The number of nitrogens with zero attached hydrogens (tertiary/aromatic N) is 2. The summed E-state index contributed by atoms with van der Waals surface area (Å²) in [6, 6.07) is 27.8. The van der Waals surface area contributed by atoms with Crippen LogP contribution in [-0.2, 0) is 0 Å². The first-order valence-corrected chi connectivity index (χ1v) is 11.4. The number of ether oxygens (including phenoxy) is 1. The average Bonchev–Trinajstić information content (AvgIpc) is 3.39. The van der Waals surface area contributed by atoms with Crippen LogP contribution in [0.15, 0.2) is 97.3 Å².